The third-order valence-electron chi connectivity index (χ3n) is 7.10. The van der Waals surface area contributed by atoms with Crippen LogP contribution in [0.1, 0.15) is 42.1 Å². The van der Waals surface area contributed by atoms with Crippen molar-refractivity contribution in [2.75, 3.05) is 6.54 Å². The minimum atomic E-state index is -0.373. The minimum absolute atomic E-state index is 0.186. The molecule has 2 aromatic rings. The number of hydrogen-bond acceptors (Lipinski definition) is 5. The zero-order valence-corrected chi connectivity index (χ0v) is 17.5. The van der Waals surface area contributed by atoms with E-state index in [0.717, 1.165) is 29.2 Å². The number of carbonyl (C=O) groups is 1. The molecular weight excluding hydrogens is 397 g/mol. The molecule has 0 spiro atoms. The standard InChI is InChI=1S/C23H28FN5O2/c1-14-10-17(6-8-25-14)22-19-11-16-7-9-28(13-15-2-4-18(24)5-3-15)23(30)29(31)21(16)12-20(19)26-27-22/h2-6,8,10,16,19-22,26-27,31H,7,9,11-13H2,1H3. The molecule has 8 heteroatoms. The molecule has 1 aromatic heterocycles. The maximum absolute atomic E-state index is 13.2. The van der Waals surface area contributed by atoms with Gasteiger partial charge in [0.1, 0.15) is 5.82 Å². The first-order valence-electron chi connectivity index (χ1n) is 10.9. The normalized spacial score (nSPS) is 30.7. The van der Waals surface area contributed by atoms with Gasteiger partial charge in [0, 0.05) is 31.0 Å². The van der Waals surface area contributed by atoms with E-state index in [-0.39, 0.29) is 35.9 Å². The van der Waals surface area contributed by atoms with Crippen molar-refractivity contribution in [3.05, 3.63) is 65.2 Å². The molecule has 2 aliphatic heterocycles. The summed E-state index contributed by atoms with van der Waals surface area (Å²) in [5.41, 5.74) is 9.90. The van der Waals surface area contributed by atoms with Crippen LogP contribution in [0.3, 0.4) is 0 Å². The molecular formula is C23H28FN5O2. The molecule has 5 rings (SSSR count). The van der Waals surface area contributed by atoms with Crippen molar-refractivity contribution in [1.82, 2.24) is 25.8 Å². The number of nitrogens with one attached hydrogen (secondary N) is 2. The average molecular weight is 426 g/mol. The Morgan fingerprint density at radius 3 is 2.77 bits per heavy atom. The van der Waals surface area contributed by atoms with Crippen LogP contribution in [0, 0.1) is 24.6 Å². The van der Waals surface area contributed by atoms with Crippen molar-refractivity contribution in [2.45, 2.75) is 50.9 Å². The molecule has 5 atom stereocenters. The Morgan fingerprint density at radius 2 is 2.00 bits per heavy atom. The molecule has 1 aromatic carbocycles. The van der Waals surface area contributed by atoms with Crippen LogP contribution in [0.5, 0.6) is 0 Å². The number of halogens is 1. The van der Waals surface area contributed by atoms with Crippen molar-refractivity contribution >= 4 is 6.03 Å². The lowest BCUT2D eigenvalue weighted by atomic mass is 9.71. The molecule has 3 fully saturated rings. The van der Waals surface area contributed by atoms with Gasteiger partial charge in [-0.15, -0.1) is 0 Å². The molecule has 1 saturated carbocycles. The van der Waals surface area contributed by atoms with E-state index >= 15 is 0 Å². The summed E-state index contributed by atoms with van der Waals surface area (Å²) < 4.78 is 13.2. The van der Waals surface area contributed by atoms with Gasteiger partial charge in [0.25, 0.3) is 0 Å². The monoisotopic (exact) mass is 425 g/mol. The van der Waals surface area contributed by atoms with E-state index in [4.69, 9.17) is 0 Å². The molecule has 5 unspecified atom stereocenters. The van der Waals surface area contributed by atoms with Crippen LogP contribution in [-0.2, 0) is 6.54 Å². The van der Waals surface area contributed by atoms with E-state index < -0.39 is 0 Å². The first-order chi connectivity index (χ1) is 15.0. The Kier molecular flexibility index (Phi) is 5.37. The molecule has 31 heavy (non-hydrogen) atoms. The van der Waals surface area contributed by atoms with Crippen molar-refractivity contribution < 1.29 is 14.4 Å². The lowest BCUT2D eigenvalue weighted by Gasteiger charge is -2.40. The Morgan fingerprint density at radius 1 is 1.19 bits per heavy atom. The van der Waals surface area contributed by atoms with Gasteiger partial charge in [-0.3, -0.25) is 15.6 Å². The van der Waals surface area contributed by atoms with E-state index in [1.54, 1.807) is 17.0 Å². The van der Waals surface area contributed by atoms with Crippen molar-refractivity contribution in [2.24, 2.45) is 11.8 Å². The van der Waals surface area contributed by atoms with Gasteiger partial charge in [0.15, 0.2) is 0 Å². The fourth-order valence-electron chi connectivity index (χ4n) is 5.50. The number of hydroxylamine groups is 2. The molecule has 0 radical (unpaired) electrons. The van der Waals surface area contributed by atoms with Crippen LogP contribution in [0.2, 0.25) is 0 Å². The summed E-state index contributed by atoms with van der Waals surface area (Å²) >= 11 is 0. The quantitative estimate of drug-likeness (QED) is 0.659. The topological polar surface area (TPSA) is 80.7 Å². The number of aryl methyl sites for hydroxylation is 1. The number of fused-ring (bicyclic) bond motifs is 2. The zero-order chi connectivity index (χ0) is 21.5. The summed E-state index contributed by atoms with van der Waals surface area (Å²) in [6.45, 7) is 2.93. The van der Waals surface area contributed by atoms with Gasteiger partial charge < -0.3 is 4.90 Å². The summed E-state index contributed by atoms with van der Waals surface area (Å²) in [5, 5.41) is 11.8. The van der Waals surface area contributed by atoms with Gasteiger partial charge in [0.2, 0.25) is 0 Å². The van der Waals surface area contributed by atoms with Gasteiger partial charge in [-0.05, 0) is 73.4 Å². The molecule has 1 aliphatic carbocycles. The third-order valence-corrected chi connectivity index (χ3v) is 7.10. The van der Waals surface area contributed by atoms with Gasteiger partial charge in [-0.1, -0.05) is 12.1 Å². The molecule has 2 saturated heterocycles. The number of amides is 2. The van der Waals surface area contributed by atoms with Crippen LogP contribution in [-0.4, -0.2) is 44.8 Å². The Bertz CT molecular complexity index is 955. The van der Waals surface area contributed by atoms with Crippen molar-refractivity contribution in [3.63, 3.8) is 0 Å². The summed E-state index contributed by atoms with van der Waals surface area (Å²) in [6.07, 6.45) is 4.31. The summed E-state index contributed by atoms with van der Waals surface area (Å²) in [7, 11) is 0. The van der Waals surface area contributed by atoms with E-state index in [9.17, 15) is 14.4 Å². The van der Waals surface area contributed by atoms with Crippen LogP contribution in [0.4, 0.5) is 9.18 Å². The Hall–Kier alpha value is -2.55. The zero-order valence-electron chi connectivity index (χ0n) is 17.5. The number of urea groups is 1. The van der Waals surface area contributed by atoms with E-state index in [1.165, 1.54) is 17.7 Å². The van der Waals surface area contributed by atoms with Crippen LogP contribution >= 0.6 is 0 Å². The number of hydrogen-bond donors (Lipinski definition) is 3. The molecule has 2 amide bonds. The fourth-order valence-corrected chi connectivity index (χ4v) is 5.50. The summed E-state index contributed by atoms with van der Waals surface area (Å²) in [4.78, 5) is 18.9. The van der Waals surface area contributed by atoms with Crippen LogP contribution < -0.4 is 10.9 Å². The molecule has 7 nitrogen and oxygen atoms in total. The molecule has 0 bridgehead atoms. The van der Waals surface area contributed by atoms with Gasteiger partial charge in [0.05, 0.1) is 12.1 Å². The van der Waals surface area contributed by atoms with Crippen molar-refractivity contribution in [1.29, 1.82) is 0 Å². The third kappa shape index (κ3) is 3.91. The van der Waals surface area contributed by atoms with Gasteiger partial charge in [-0.2, -0.15) is 0 Å². The largest absolute Gasteiger partial charge is 0.344 e. The predicted octanol–water partition coefficient (Wildman–Crippen LogP) is 3.16. The second kappa shape index (κ2) is 8.18. The first kappa shape index (κ1) is 20.4. The highest BCUT2D eigenvalue weighted by molar-refractivity contribution is 5.74. The van der Waals surface area contributed by atoms with Gasteiger partial charge in [-0.25, -0.2) is 19.7 Å². The SMILES string of the molecule is Cc1cc(C2NNC3CC4C(CCN(Cc5ccc(F)cc5)C(=O)N4O)CC32)ccn1. The number of hydrazine groups is 1. The number of rotatable bonds is 3. The second-order valence-corrected chi connectivity index (χ2v) is 9.03. The fraction of sp³-hybridized carbons (Fsp3) is 0.478. The van der Waals surface area contributed by atoms with E-state index in [2.05, 4.69) is 28.0 Å². The minimum Gasteiger partial charge on any atom is -0.319 e. The smallest absolute Gasteiger partial charge is 0.319 e. The van der Waals surface area contributed by atoms with E-state index in [0.29, 0.717) is 25.4 Å². The number of nitrogens with zero attached hydrogens (tertiary/aromatic N) is 3. The maximum Gasteiger partial charge on any atom is 0.344 e. The Labute approximate surface area is 181 Å². The lowest BCUT2D eigenvalue weighted by molar-refractivity contribution is -0.111. The number of carbonyl (C=O) groups excluding carboxylic acids is 1. The molecule has 164 valence electrons. The second-order valence-electron chi connectivity index (χ2n) is 9.03. The predicted molar refractivity (Wildman–Crippen MR) is 112 cm³/mol. The number of benzene rings is 1. The average Bonchev–Trinajstić information content (AvgIpc) is 3.14. The lowest BCUT2D eigenvalue weighted by Crippen LogP contribution is -2.51. The summed E-state index contributed by atoms with van der Waals surface area (Å²) in [5.74, 6) is 0.308. The number of aromatic nitrogens is 1. The highest BCUT2D eigenvalue weighted by Crippen LogP contribution is 2.44. The molecule has 3 aliphatic rings. The van der Waals surface area contributed by atoms with E-state index in [1.807, 2.05) is 13.1 Å². The highest BCUT2D eigenvalue weighted by atomic mass is 19.1. The van der Waals surface area contributed by atoms with Crippen LogP contribution in [0.25, 0.3) is 0 Å². The first-order valence-corrected chi connectivity index (χ1v) is 10.9. The summed E-state index contributed by atoms with van der Waals surface area (Å²) in [6, 6.07) is 10.1. The Balaban J connectivity index is 1.32. The maximum atomic E-state index is 13.2. The molecule has 3 N–H and O–H groups in total. The number of pyridine rings is 1. The van der Waals surface area contributed by atoms with Crippen LogP contribution in [0.15, 0.2) is 42.6 Å². The molecule has 3 heterocycles. The highest BCUT2D eigenvalue weighted by Gasteiger charge is 2.48. The van der Waals surface area contributed by atoms with Crippen molar-refractivity contribution in [3.8, 4) is 0 Å². The van der Waals surface area contributed by atoms with Gasteiger partial charge >= 0.3 is 6.03 Å².